The van der Waals surface area contributed by atoms with Crippen LogP contribution >= 0.6 is 0 Å². The van der Waals surface area contributed by atoms with Gasteiger partial charge in [-0.1, -0.05) is 38.0 Å². The average Bonchev–Trinajstić information content (AvgIpc) is 3.33. The molecule has 32 heavy (non-hydrogen) atoms. The van der Waals surface area contributed by atoms with Gasteiger partial charge in [0, 0.05) is 5.56 Å². The maximum absolute atomic E-state index is 12.9. The van der Waals surface area contributed by atoms with Crippen LogP contribution in [0.25, 0.3) is 5.69 Å². The number of carbonyl (C=O) groups excluding carboxylic acids is 1. The van der Waals surface area contributed by atoms with Gasteiger partial charge < -0.3 is 14.8 Å². The Morgan fingerprint density at radius 3 is 2.75 bits per heavy atom. The van der Waals surface area contributed by atoms with Crippen molar-refractivity contribution in [1.29, 1.82) is 0 Å². The van der Waals surface area contributed by atoms with Gasteiger partial charge >= 0.3 is 0 Å². The molecule has 0 saturated carbocycles. The van der Waals surface area contributed by atoms with E-state index in [2.05, 4.69) is 55.2 Å². The van der Waals surface area contributed by atoms with E-state index in [9.17, 15) is 9.90 Å². The molecular weight excluding hydrogens is 402 g/mol. The summed E-state index contributed by atoms with van der Waals surface area (Å²) in [5.74, 6) is 5.69. The molecule has 3 aromatic rings. The quantitative estimate of drug-likeness (QED) is 0.605. The van der Waals surface area contributed by atoms with Crippen molar-refractivity contribution < 1.29 is 14.3 Å². The molecule has 1 aromatic carbocycles. The normalized spacial score (nSPS) is 17.2. The molecule has 2 N–H and O–H groups in total. The van der Waals surface area contributed by atoms with E-state index in [0.717, 1.165) is 35.3 Å². The molecule has 1 aliphatic carbocycles. The van der Waals surface area contributed by atoms with E-state index < -0.39 is 5.60 Å². The van der Waals surface area contributed by atoms with Crippen LogP contribution in [0.3, 0.4) is 0 Å². The van der Waals surface area contributed by atoms with Gasteiger partial charge in [-0.05, 0) is 68.7 Å². The van der Waals surface area contributed by atoms with Gasteiger partial charge in [-0.25, -0.2) is 4.68 Å². The lowest BCUT2D eigenvalue weighted by atomic mass is 9.74. The molecule has 166 valence electrons. The van der Waals surface area contributed by atoms with Crippen LogP contribution in [0.4, 0.5) is 0 Å². The Hall–Kier alpha value is -3.30. The largest absolute Gasteiger partial charge is 0.443 e. The van der Waals surface area contributed by atoms with Crippen LogP contribution in [0, 0.1) is 24.2 Å². The molecule has 0 bridgehead atoms. The van der Waals surface area contributed by atoms with E-state index in [-0.39, 0.29) is 23.1 Å². The van der Waals surface area contributed by atoms with Crippen LogP contribution < -0.4 is 5.32 Å². The molecule has 6 nitrogen and oxygen atoms in total. The highest BCUT2D eigenvalue weighted by molar-refractivity contribution is 5.92. The van der Waals surface area contributed by atoms with Crippen molar-refractivity contribution in [2.24, 2.45) is 5.41 Å². The minimum atomic E-state index is -1.13. The molecule has 1 aliphatic rings. The highest BCUT2D eigenvalue weighted by Crippen LogP contribution is 2.41. The Labute approximate surface area is 188 Å². The zero-order valence-electron chi connectivity index (χ0n) is 19.2. The summed E-state index contributed by atoms with van der Waals surface area (Å²) in [6.45, 7) is 9.68. The third-order valence-electron chi connectivity index (χ3n) is 5.65. The summed E-state index contributed by atoms with van der Waals surface area (Å²) < 4.78 is 7.60. The summed E-state index contributed by atoms with van der Waals surface area (Å²) in [7, 11) is 0. The lowest BCUT2D eigenvalue weighted by Gasteiger charge is -2.35. The van der Waals surface area contributed by atoms with Crippen molar-refractivity contribution in [3.8, 4) is 17.5 Å². The first-order valence-electron chi connectivity index (χ1n) is 10.8. The molecule has 6 heteroatoms. The predicted octanol–water partition coefficient (Wildman–Crippen LogP) is 4.34. The number of aromatic nitrogens is 2. The van der Waals surface area contributed by atoms with Gasteiger partial charge in [-0.3, -0.25) is 4.79 Å². The van der Waals surface area contributed by atoms with E-state index in [0.29, 0.717) is 5.76 Å². The third kappa shape index (κ3) is 4.63. The number of para-hydroxylation sites is 1. The van der Waals surface area contributed by atoms with Gasteiger partial charge in [0.05, 0.1) is 23.6 Å². The zero-order valence-corrected chi connectivity index (χ0v) is 19.2. The van der Waals surface area contributed by atoms with Crippen molar-refractivity contribution in [3.63, 3.8) is 0 Å². The number of nitrogens with one attached hydrogen (secondary N) is 1. The summed E-state index contributed by atoms with van der Waals surface area (Å²) in [5, 5.41) is 17.6. The fourth-order valence-corrected chi connectivity index (χ4v) is 4.15. The lowest BCUT2D eigenvalue weighted by Crippen LogP contribution is -2.36. The molecule has 0 radical (unpaired) electrons. The molecule has 0 aliphatic heterocycles. The first kappa shape index (κ1) is 21.9. The lowest BCUT2D eigenvalue weighted by molar-refractivity contribution is 0.0890. The Bertz CT molecular complexity index is 1210. The van der Waals surface area contributed by atoms with E-state index in [1.165, 1.54) is 0 Å². The molecule has 0 saturated heterocycles. The van der Waals surface area contributed by atoms with Crippen LogP contribution in [-0.4, -0.2) is 26.4 Å². The number of nitrogens with zero attached hydrogens (tertiary/aromatic N) is 2. The first-order chi connectivity index (χ1) is 15.0. The Morgan fingerprint density at radius 1 is 1.28 bits per heavy atom. The number of rotatable bonds is 3. The minimum Gasteiger partial charge on any atom is -0.443 e. The fraction of sp³-hybridized carbons (Fsp3) is 0.385. The molecule has 0 unspecified atom stereocenters. The van der Waals surface area contributed by atoms with E-state index >= 15 is 0 Å². The average molecular weight is 432 g/mol. The number of fused-ring (bicyclic) bond motifs is 1. The number of aliphatic hydroxyl groups is 1. The van der Waals surface area contributed by atoms with Crippen LogP contribution in [0.2, 0.25) is 0 Å². The van der Waals surface area contributed by atoms with E-state index in [1.54, 1.807) is 26.0 Å². The van der Waals surface area contributed by atoms with Crippen molar-refractivity contribution in [1.82, 2.24) is 15.1 Å². The van der Waals surface area contributed by atoms with Gasteiger partial charge in [0.1, 0.15) is 5.60 Å². The summed E-state index contributed by atoms with van der Waals surface area (Å²) in [6.07, 6.45) is 3.54. The zero-order chi connectivity index (χ0) is 23.1. The summed E-state index contributed by atoms with van der Waals surface area (Å²) in [6, 6.07) is 11.2. The summed E-state index contributed by atoms with van der Waals surface area (Å²) in [4.78, 5) is 12.9. The number of amides is 1. The fourth-order valence-electron chi connectivity index (χ4n) is 4.15. The van der Waals surface area contributed by atoms with Gasteiger partial charge in [0.25, 0.3) is 5.91 Å². The van der Waals surface area contributed by atoms with Crippen molar-refractivity contribution in [3.05, 3.63) is 70.9 Å². The molecule has 2 heterocycles. The van der Waals surface area contributed by atoms with Crippen LogP contribution in [-0.2, 0) is 6.42 Å². The van der Waals surface area contributed by atoms with Gasteiger partial charge in [-0.2, -0.15) is 5.10 Å². The Morgan fingerprint density at radius 2 is 2.03 bits per heavy atom. The minimum absolute atomic E-state index is 0.00206. The van der Waals surface area contributed by atoms with E-state index in [4.69, 9.17) is 4.42 Å². The molecule has 0 spiro atoms. The first-order valence-corrected chi connectivity index (χ1v) is 10.8. The second kappa shape index (κ2) is 7.99. The number of aryl methyl sites for hydroxylation is 1. The smallest absolute Gasteiger partial charge is 0.287 e. The Balaban J connectivity index is 1.61. The molecule has 0 fully saturated rings. The van der Waals surface area contributed by atoms with Crippen LogP contribution in [0.5, 0.6) is 0 Å². The maximum Gasteiger partial charge on any atom is 0.287 e. The van der Waals surface area contributed by atoms with Gasteiger partial charge in [0.2, 0.25) is 0 Å². The maximum atomic E-state index is 12.9. The molecule has 1 atom stereocenters. The molecular formula is C26H29N3O3. The number of benzene rings is 1. The molecule has 4 rings (SSSR count). The van der Waals surface area contributed by atoms with Crippen molar-refractivity contribution in [2.45, 2.75) is 59.1 Å². The highest BCUT2D eigenvalue weighted by atomic mass is 16.3. The second-order valence-electron chi connectivity index (χ2n) is 9.79. The Kier molecular flexibility index (Phi) is 5.47. The predicted molar refractivity (Wildman–Crippen MR) is 122 cm³/mol. The highest BCUT2D eigenvalue weighted by Gasteiger charge is 2.36. The van der Waals surface area contributed by atoms with Crippen LogP contribution in [0.15, 0.2) is 47.0 Å². The number of hydrogen-bond acceptors (Lipinski definition) is 4. The van der Waals surface area contributed by atoms with Crippen LogP contribution in [0.1, 0.15) is 73.3 Å². The topological polar surface area (TPSA) is 80.3 Å². The monoisotopic (exact) mass is 431 g/mol. The van der Waals surface area contributed by atoms with Crippen molar-refractivity contribution in [2.75, 3.05) is 0 Å². The third-order valence-corrected chi connectivity index (χ3v) is 5.65. The van der Waals surface area contributed by atoms with Crippen molar-refractivity contribution >= 4 is 5.91 Å². The number of furan rings is 1. The summed E-state index contributed by atoms with van der Waals surface area (Å²) >= 11 is 0. The SMILES string of the molecule is Cc1ccccc1-n1ncc2c1CC(C)(C)C[C@H]2NC(=O)c1ccc(C#CC(C)(C)O)o1. The van der Waals surface area contributed by atoms with E-state index in [1.807, 2.05) is 23.0 Å². The van der Waals surface area contributed by atoms with Gasteiger partial charge in [0.15, 0.2) is 11.5 Å². The second-order valence-corrected chi connectivity index (χ2v) is 9.79. The summed E-state index contributed by atoms with van der Waals surface area (Å²) in [5.41, 5.74) is 3.23. The molecule has 1 amide bonds. The number of hydrogen-bond donors (Lipinski definition) is 2. The standard InChI is InChI=1S/C26H29N3O3/c1-17-8-6-7-9-21(17)29-22-15-25(2,3)14-20(19(22)16-27-29)28-24(30)23-11-10-18(32-23)12-13-26(4,5)31/h6-11,16,20,31H,14-15H2,1-5H3,(H,28,30)/t20-/m1/s1. The molecule has 2 aromatic heterocycles. The number of carbonyl (C=O) groups is 1. The van der Waals surface area contributed by atoms with Gasteiger partial charge in [-0.15, -0.1) is 0 Å².